The fourth-order valence-corrected chi connectivity index (χ4v) is 3.07. The zero-order valence-corrected chi connectivity index (χ0v) is 15.3. The predicted molar refractivity (Wildman–Crippen MR) is 100 cm³/mol. The van der Waals surface area contributed by atoms with Gasteiger partial charge in [-0.2, -0.15) is 5.10 Å². The molecule has 1 amide bonds. The van der Waals surface area contributed by atoms with Crippen molar-refractivity contribution in [3.05, 3.63) is 59.2 Å². The fourth-order valence-electron chi connectivity index (χ4n) is 3.07. The number of amides is 1. The lowest BCUT2D eigenvalue weighted by Crippen LogP contribution is -2.27. The first-order valence-electron chi connectivity index (χ1n) is 8.35. The Bertz CT molecular complexity index is 928. The maximum Gasteiger partial charge on any atom is 0.251 e. The Labute approximate surface area is 152 Å². The maximum absolute atomic E-state index is 12.6. The third-order valence-corrected chi connectivity index (χ3v) is 4.50. The first-order valence-corrected chi connectivity index (χ1v) is 8.35. The number of nitrogens with zero attached hydrogens (tertiary/aromatic N) is 4. The molecule has 0 aliphatic rings. The Morgan fingerprint density at radius 2 is 1.73 bits per heavy atom. The third kappa shape index (κ3) is 3.42. The van der Waals surface area contributed by atoms with Gasteiger partial charge < -0.3 is 11.1 Å². The molecule has 26 heavy (non-hydrogen) atoms. The van der Waals surface area contributed by atoms with Gasteiger partial charge in [0.25, 0.3) is 5.91 Å². The molecule has 134 valence electrons. The van der Waals surface area contributed by atoms with Gasteiger partial charge in [0.1, 0.15) is 0 Å². The number of hydrogen-bond donors (Lipinski definition) is 2. The maximum atomic E-state index is 12.6. The third-order valence-electron chi connectivity index (χ3n) is 4.50. The Hall–Kier alpha value is -3.22. The van der Waals surface area contributed by atoms with Gasteiger partial charge in [0.05, 0.1) is 11.7 Å². The summed E-state index contributed by atoms with van der Waals surface area (Å²) < 4.78 is 1.83. The van der Waals surface area contributed by atoms with E-state index < -0.39 is 0 Å². The van der Waals surface area contributed by atoms with Crippen LogP contribution in [0.2, 0.25) is 0 Å². The normalized spacial score (nSPS) is 12.0. The average molecular weight is 350 g/mol. The summed E-state index contributed by atoms with van der Waals surface area (Å²) in [6, 6.07) is 7.19. The van der Waals surface area contributed by atoms with Gasteiger partial charge in [-0.1, -0.05) is 12.1 Å². The first-order chi connectivity index (χ1) is 12.4. The lowest BCUT2D eigenvalue weighted by Gasteiger charge is -2.15. The van der Waals surface area contributed by atoms with E-state index in [0.717, 1.165) is 28.1 Å². The molecule has 0 spiro atoms. The molecule has 0 fully saturated rings. The molecule has 7 nitrogen and oxygen atoms in total. The van der Waals surface area contributed by atoms with E-state index in [9.17, 15) is 4.79 Å². The number of benzene rings is 1. The van der Waals surface area contributed by atoms with Crippen molar-refractivity contribution in [2.24, 2.45) is 7.05 Å². The second-order valence-electron chi connectivity index (χ2n) is 6.31. The van der Waals surface area contributed by atoms with Crippen LogP contribution in [0.3, 0.4) is 0 Å². The van der Waals surface area contributed by atoms with Crippen LogP contribution in [0.25, 0.3) is 11.1 Å². The van der Waals surface area contributed by atoms with Crippen molar-refractivity contribution in [2.45, 2.75) is 26.8 Å². The van der Waals surface area contributed by atoms with Crippen LogP contribution in [0.4, 0.5) is 5.95 Å². The van der Waals surface area contributed by atoms with Crippen LogP contribution in [0, 0.1) is 13.8 Å². The van der Waals surface area contributed by atoms with Crippen LogP contribution in [0.1, 0.15) is 40.3 Å². The van der Waals surface area contributed by atoms with E-state index in [0.29, 0.717) is 5.56 Å². The number of aryl methyl sites for hydroxylation is 2. The topological polar surface area (TPSA) is 98.7 Å². The van der Waals surface area contributed by atoms with Gasteiger partial charge in [-0.3, -0.25) is 9.48 Å². The highest BCUT2D eigenvalue weighted by molar-refractivity contribution is 5.95. The van der Waals surface area contributed by atoms with Crippen molar-refractivity contribution in [1.29, 1.82) is 0 Å². The summed E-state index contributed by atoms with van der Waals surface area (Å²) in [5, 5.41) is 7.45. The van der Waals surface area contributed by atoms with Gasteiger partial charge in [0.2, 0.25) is 5.95 Å². The smallest absolute Gasteiger partial charge is 0.251 e. The molecule has 3 aromatic rings. The molecule has 0 saturated carbocycles. The molecule has 2 aromatic heterocycles. The summed E-state index contributed by atoms with van der Waals surface area (Å²) in [4.78, 5) is 20.5. The zero-order chi connectivity index (χ0) is 18.8. The highest BCUT2D eigenvalue weighted by atomic mass is 16.1. The van der Waals surface area contributed by atoms with Crippen molar-refractivity contribution in [1.82, 2.24) is 25.1 Å². The molecule has 1 aromatic carbocycles. The summed E-state index contributed by atoms with van der Waals surface area (Å²) >= 11 is 0. The van der Waals surface area contributed by atoms with Crippen LogP contribution in [-0.2, 0) is 7.05 Å². The number of nitrogen functional groups attached to an aromatic ring is 1. The van der Waals surface area contributed by atoms with Gasteiger partial charge >= 0.3 is 0 Å². The quantitative estimate of drug-likeness (QED) is 0.753. The Morgan fingerprint density at radius 3 is 2.27 bits per heavy atom. The van der Waals surface area contributed by atoms with Crippen LogP contribution in [0.15, 0.2) is 36.7 Å². The van der Waals surface area contributed by atoms with Gasteiger partial charge in [-0.15, -0.1) is 0 Å². The highest BCUT2D eigenvalue weighted by Gasteiger charge is 2.18. The lowest BCUT2D eigenvalue weighted by atomic mass is 10.0. The van der Waals surface area contributed by atoms with Gasteiger partial charge in [-0.05, 0) is 38.5 Å². The van der Waals surface area contributed by atoms with E-state index in [2.05, 4.69) is 20.4 Å². The minimum Gasteiger partial charge on any atom is -0.368 e. The highest BCUT2D eigenvalue weighted by Crippen LogP contribution is 2.22. The van der Waals surface area contributed by atoms with Gasteiger partial charge in [0.15, 0.2) is 0 Å². The van der Waals surface area contributed by atoms with Gasteiger partial charge in [-0.25, -0.2) is 9.97 Å². The van der Waals surface area contributed by atoms with E-state index in [1.54, 1.807) is 24.5 Å². The van der Waals surface area contributed by atoms with Crippen LogP contribution in [-0.4, -0.2) is 25.7 Å². The van der Waals surface area contributed by atoms with E-state index in [4.69, 9.17) is 5.73 Å². The summed E-state index contributed by atoms with van der Waals surface area (Å²) in [7, 11) is 1.90. The van der Waals surface area contributed by atoms with E-state index in [1.807, 2.05) is 44.6 Å². The zero-order valence-electron chi connectivity index (χ0n) is 15.3. The number of nitrogens with two attached hydrogens (primary N) is 1. The van der Waals surface area contributed by atoms with Crippen molar-refractivity contribution >= 4 is 11.9 Å². The van der Waals surface area contributed by atoms with Crippen LogP contribution < -0.4 is 11.1 Å². The number of nitrogens with one attached hydrogen (secondary N) is 1. The minimum atomic E-state index is -0.125. The molecule has 3 N–H and O–H groups in total. The molecular weight excluding hydrogens is 328 g/mol. The van der Waals surface area contributed by atoms with E-state index >= 15 is 0 Å². The number of aromatic nitrogens is 4. The minimum absolute atomic E-state index is 0.124. The van der Waals surface area contributed by atoms with Crippen molar-refractivity contribution in [3.8, 4) is 11.1 Å². The van der Waals surface area contributed by atoms with Crippen LogP contribution >= 0.6 is 0 Å². The Balaban J connectivity index is 1.75. The Kier molecular flexibility index (Phi) is 4.71. The molecule has 0 unspecified atom stereocenters. The summed E-state index contributed by atoms with van der Waals surface area (Å²) in [5.41, 5.74) is 10.9. The standard InChI is InChI=1S/C19H22N6O/c1-11(17-12(2)24-25(4)13(17)3)23-18(26)15-7-5-14(6-8-15)16-9-21-19(20)22-10-16/h5-11H,1-4H3,(H,23,26)(H2,20,21,22)/t11-/m1/s1. The van der Waals surface area contributed by atoms with Crippen molar-refractivity contribution in [2.75, 3.05) is 5.73 Å². The molecule has 1 atom stereocenters. The molecule has 0 radical (unpaired) electrons. The average Bonchev–Trinajstić information content (AvgIpc) is 2.88. The number of hydrogen-bond acceptors (Lipinski definition) is 5. The van der Waals surface area contributed by atoms with Crippen molar-refractivity contribution in [3.63, 3.8) is 0 Å². The first kappa shape index (κ1) is 17.6. The summed E-state index contributed by atoms with van der Waals surface area (Å²) in [6.07, 6.45) is 3.32. The number of carbonyl (C=O) groups excluding carboxylic acids is 1. The Morgan fingerprint density at radius 1 is 1.12 bits per heavy atom. The second kappa shape index (κ2) is 6.95. The summed E-state index contributed by atoms with van der Waals surface area (Å²) in [6.45, 7) is 5.92. The molecule has 7 heteroatoms. The lowest BCUT2D eigenvalue weighted by molar-refractivity contribution is 0.0940. The molecule has 2 heterocycles. The predicted octanol–water partition coefficient (Wildman–Crippen LogP) is 2.57. The number of carbonyl (C=O) groups is 1. The molecule has 0 bridgehead atoms. The molecule has 0 aliphatic carbocycles. The van der Waals surface area contributed by atoms with E-state index in [-0.39, 0.29) is 17.9 Å². The monoisotopic (exact) mass is 350 g/mol. The molecule has 0 aliphatic heterocycles. The SMILES string of the molecule is Cc1nn(C)c(C)c1[C@@H](C)NC(=O)c1ccc(-c2cnc(N)nc2)cc1. The summed E-state index contributed by atoms with van der Waals surface area (Å²) in [5.74, 6) is 0.111. The van der Waals surface area contributed by atoms with E-state index in [1.165, 1.54) is 0 Å². The van der Waals surface area contributed by atoms with Crippen molar-refractivity contribution < 1.29 is 4.79 Å². The largest absolute Gasteiger partial charge is 0.368 e. The van der Waals surface area contributed by atoms with Gasteiger partial charge in [0, 0.05) is 41.8 Å². The molecule has 3 rings (SSSR count). The second-order valence-corrected chi connectivity index (χ2v) is 6.31. The number of anilines is 1. The number of rotatable bonds is 4. The van der Waals surface area contributed by atoms with Crippen LogP contribution in [0.5, 0.6) is 0 Å². The molecule has 0 saturated heterocycles. The molecular formula is C19H22N6O. The fraction of sp³-hybridized carbons (Fsp3) is 0.263.